The fourth-order valence-corrected chi connectivity index (χ4v) is 8.68. The highest BCUT2D eigenvalue weighted by Crippen LogP contribution is 2.26. The van der Waals surface area contributed by atoms with Crippen LogP contribution in [0.5, 0.6) is 0 Å². The molecule has 0 aromatic carbocycles. The molecule has 0 aromatic heterocycles. The number of hydrogen-bond acceptors (Lipinski definition) is 2. The van der Waals surface area contributed by atoms with Crippen molar-refractivity contribution in [2.45, 2.75) is 65.5 Å². The first kappa shape index (κ1) is 14.4. The van der Waals surface area contributed by atoms with Crippen molar-refractivity contribution < 1.29 is 8.54 Å². The van der Waals surface area contributed by atoms with Crippen molar-refractivity contribution >= 4 is 16.9 Å². The molecule has 0 N–H and O–H groups in total. The first-order valence-corrected chi connectivity index (χ1v) is 11.2. The Morgan fingerprint density at radius 3 is 1.57 bits per heavy atom. The number of rotatable bonds is 5. The highest BCUT2D eigenvalue weighted by molar-refractivity contribution is 6.82. The summed E-state index contributed by atoms with van der Waals surface area (Å²) in [4.78, 5) is 0. The van der Waals surface area contributed by atoms with E-state index in [4.69, 9.17) is 8.54 Å². The van der Waals surface area contributed by atoms with E-state index < -0.39 is 16.9 Å². The van der Waals surface area contributed by atoms with Crippen molar-refractivity contribution in [1.29, 1.82) is 0 Å². The summed E-state index contributed by atoms with van der Waals surface area (Å²) in [6.45, 7) is 17.5. The smallest absolute Gasteiger partial charge is 0.321 e. The van der Waals surface area contributed by atoms with Crippen molar-refractivity contribution in [2.24, 2.45) is 0 Å². The van der Waals surface area contributed by atoms with Gasteiger partial charge in [-0.2, -0.15) is 0 Å². The molecule has 14 heavy (non-hydrogen) atoms. The lowest BCUT2D eigenvalue weighted by Gasteiger charge is -2.36. The zero-order chi connectivity index (χ0) is 11.6. The summed E-state index contributed by atoms with van der Waals surface area (Å²) in [7, 11) is -3.45. The molecule has 0 amide bonds. The van der Waals surface area contributed by atoms with Gasteiger partial charge in [0.1, 0.15) is 0 Å². The van der Waals surface area contributed by atoms with E-state index in [2.05, 4.69) is 53.9 Å². The summed E-state index contributed by atoms with van der Waals surface area (Å²) >= 11 is 0. The standard InChI is InChI=1S/C10H26O2Si2/c1-9(2)11-14(7,8)12-13(5,6)10(3)4/h9-10H,1-8H3. The molecule has 0 rings (SSSR count). The molecule has 0 radical (unpaired) electrons. The second kappa shape index (κ2) is 4.92. The predicted octanol–water partition coefficient (Wildman–Crippen LogP) is 3.74. The fourth-order valence-electron chi connectivity index (χ4n) is 1.34. The summed E-state index contributed by atoms with van der Waals surface area (Å²) in [6.07, 6.45) is 0.272. The van der Waals surface area contributed by atoms with Crippen molar-refractivity contribution in [1.82, 2.24) is 0 Å². The van der Waals surface area contributed by atoms with Crippen LogP contribution < -0.4 is 0 Å². The molecule has 0 fully saturated rings. The lowest BCUT2D eigenvalue weighted by Crippen LogP contribution is -2.49. The van der Waals surface area contributed by atoms with Gasteiger partial charge in [-0.1, -0.05) is 13.8 Å². The Bertz CT molecular complexity index is 177. The Labute approximate surface area is 91.4 Å². The van der Waals surface area contributed by atoms with E-state index in [9.17, 15) is 0 Å². The Hall–Kier alpha value is 0.354. The maximum atomic E-state index is 6.25. The summed E-state index contributed by atoms with van der Waals surface area (Å²) in [5.74, 6) is 0. The second-order valence-electron chi connectivity index (χ2n) is 5.43. The molecular weight excluding hydrogens is 208 g/mol. The molecule has 0 spiro atoms. The number of hydrogen-bond donors (Lipinski definition) is 0. The van der Waals surface area contributed by atoms with E-state index in [0.29, 0.717) is 5.54 Å². The van der Waals surface area contributed by atoms with E-state index in [1.807, 2.05) is 0 Å². The Morgan fingerprint density at radius 1 is 0.857 bits per heavy atom. The maximum absolute atomic E-state index is 6.25. The van der Waals surface area contributed by atoms with Gasteiger partial charge >= 0.3 is 8.56 Å². The molecule has 0 saturated carbocycles. The minimum absolute atomic E-state index is 0.272. The van der Waals surface area contributed by atoms with Crippen LogP contribution in [-0.2, 0) is 8.54 Å². The maximum Gasteiger partial charge on any atom is 0.321 e. The molecule has 0 bridgehead atoms. The van der Waals surface area contributed by atoms with Gasteiger partial charge in [0.05, 0.1) is 0 Å². The van der Waals surface area contributed by atoms with Gasteiger partial charge in [0.2, 0.25) is 0 Å². The van der Waals surface area contributed by atoms with E-state index in [0.717, 1.165) is 0 Å². The molecule has 0 unspecified atom stereocenters. The molecule has 0 atom stereocenters. The summed E-state index contributed by atoms with van der Waals surface area (Å²) in [5, 5.41) is 0. The molecule has 4 heteroatoms. The van der Waals surface area contributed by atoms with Crippen LogP contribution in [0.25, 0.3) is 0 Å². The summed E-state index contributed by atoms with van der Waals surface area (Å²) < 4.78 is 12.1. The highest BCUT2D eigenvalue weighted by Gasteiger charge is 2.37. The van der Waals surface area contributed by atoms with E-state index in [1.54, 1.807) is 0 Å². The monoisotopic (exact) mass is 234 g/mol. The van der Waals surface area contributed by atoms with Crippen LogP contribution in [0.3, 0.4) is 0 Å². The zero-order valence-corrected chi connectivity index (χ0v) is 13.0. The molecule has 0 saturated heterocycles. The van der Waals surface area contributed by atoms with Crippen LogP contribution >= 0.6 is 0 Å². The van der Waals surface area contributed by atoms with Crippen LogP contribution in [0.15, 0.2) is 0 Å². The van der Waals surface area contributed by atoms with E-state index >= 15 is 0 Å². The largest absolute Gasteiger partial charge is 0.436 e. The van der Waals surface area contributed by atoms with Crippen molar-refractivity contribution in [3.05, 3.63) is 0 Å². The van der Waals surface area contributed by atoms with Crippen LogP contribution in [-0.4, -0.2) is 23.0 Å². The first-order valence-electron chi connectivity index (χ1n) is 5.45. The van der Waals surface area contributed by atoms with Crippen molar-refractivity contribution in [3.63, 3.8) is 0 Å². The van der Waals surface area contributed by atoms with Gasteiger partial charge in [-0.25, -0.2) is 0 Å². The highest BCUT2D eigenvalue weighted by atomic mass is 28.4. The second-order valence-corrected chi connectivity index (χ2v) is 13.6. The molecule has 86 valence electrons. The average Bonchev–Trinajstić information content (AvgIpc) is 1.79. The minimum atomic E-state index is -1.90. The van der Waals surface area contributed by atoms with E-state index in [1.165, 1.54) is 0 Å². The van der Waals surface area contributed by atoms with Crippen molar-refractivity contribution in [3.8, 4) is 0 Å². The quantitative estimate of drug-likeness (QED) is 0.675. The first-order chi connectivity index (χ1) is 6.07. The van der Waals surface area contributed by atoms with Gasteiger partial charge in [-0.05, 0) is 45.6 Å². The lowest BCUT2D eigenvalue weighted by atomic mass is 10.5. The normalized spacial score (nSPS) is 14.1. The van der Waals surface area contributed by atoms with Gasteiger partial charge in [-0.3, -0.25) is 0 Å². The van der Waals surface area contributed by atoms with Crippen LogP contribution in [0.4, 0.5) is 0 Å². The molecule has 0 heterocycles. The predicted molar refractivity (Wildman–Crippen MR) is 67.4 cm³/mol. The van der Waals surface area contributed by atoms with Crippen molar-refractivity contribution in [2.75, 3.05) is 0 Å². The van der Waals surface area contributed by atoms with Gasteiger partial charge in [0.15, 0.2) is 8.32 Å². The molecule has 0 aliphatic carbocycles. The van der Waals surface area contributed by atoms with Crippen LogP contribution in [0.2, 0.25) is 31.7 Å². The average molecular weight is 234 g/mol. The van der Waals surface area contributed by atoms with Crippen LogP contribution in [0.1, 0.15) is 27.7 Å². The Balaban J connectivity index is 4.34. The zero-order valence-electron chi connectivity index (χ0n) is 11.0. The topological polar surface area (TPSA) is 18.5 Å². The Kier molecular flexibility index (Phi) is 5.04. The molecule has 0 aromatic rings. The summed E-state index contributed by atoms with van der Waals surface area (Å²) in [5.41, 5.74) is 0.644. The van der Waals surface area contributed by atoms with Gasteiger partial charge < -0.3 is 8.54 Å². The fraction of sp³-hybridized carbons (Fsp3) is 1.00. The molecular formula is C10H26O2Si2. The molecule has 2 nitrogen and oxygen atoms in total. The van der Waals surface area contributed by atoms with Gasteiger partial charge in [0.25, 0.3) is 0 Å². The SMILES string of the molecule is CC(C)O[Si](C)(C)O[Si](C)(C)C(C)C. The third kappa shape index (κ3) is 5.29. The third-order valence-electron chi connectivity index (χ3n) is 2.42. The van der Waals surface area contributed by atoms with Gasteiger partial charge in [-0.15, -0.1) is 0 Å². The summed E-state index contributed by atoms with van der Waals surface area (Å²) in [6, 6.07) is 0. The van der Waals surface area contributed by atoms with E-state index in [-0.39, 0.29) is 6.10 Å². The minimum Gasteiger partial charge on any atom is -0.436 e. The van der Waals surface area contributed by atoms with Gasteiger partial charge in [0, 0.05) is 6.10 Å². The molecule has 0 aliphatic heterocycles. The Morgan fingerprint density at radius 2 is 1.29 bits per heavy atom. The molecule has 0 aliphatic rings. The third-order valence-corrected chi connectivity index (χ3v) is 10.3. The lowest BCUT2D eigenvalue weighted by molar-refractivity contribution is 0.186. The van der Waals surface area contributed by atoms with Crippen LogP contribution in [0, 0.1) is 0 Å².